The second-order valence-electron chi connectivity index (χ2n) is 7.71. The number of hydrogen-bond acceptors (Lipinski definition) is 6. The second kappa shape index (κ2) is 7.42. The highest BCUT2D eigenvalue weighted by atomic mass is 16.6. The summed E-state index contributed by atoms with van der Waals surface area (Å²) in [6.45, 7) is 4.83. The Bertz CT molecular complexity index is 1070. The van der Waals surface area contributed by atoms with E-state index in [-0.39, 0.29) is 17.1 Å². The third-order valence-corrected chi connectivity index (χ3v) is 5.61. The Balaban J connectivity index is 1.90. The molecule has 1 fully saturated rings. The van der Waals surface area contributed by atoms with Crippen LogP contribution in [0.2, 0.25) is 0 Å². The minimum absolute atomic E-state index is 0.0219. The lowest BCUT2D eigenvalue weighted by molar-refractivity contribution is -0.422. The van der Waals surface area contributed by atoms with Crippen molar-refractivity contribution in [1.29, 1.82) is 0 Å². The number of nitro groups is 1. The van der Waals surface area contributed by atoms with E-state index in [4.69, 9.17) is 0 Å². The maximum atomic E-state index is 13.0. The fourth-order valence-corrected chi connectivity index (χ4v) is 4.01. The van der Waals surface area contributed by atoms with Crippen molar-refractivity contribution in [3.8, 4) is 0 Å². The van der Waals surface area contributed by atoms with E-state index in [9.17, 15) is 20.0 Å². The van der Waals surface area contributed by atoms with Crippen molar-refractivity contribution in [3.05, 3.63) is 104 Å². The Morgan fingerprint density at radius 3 is 2.33 bits per heavy atom. The van der Waals surface area contributed by atoms with Crippen LogP contribution in [0.3, 0.4) is 0 Å². The monoisotopic (exact) mass is 405 g/mol. The molecular weight excluding hydrogens is 382 g/mol. The van der Waals surface area contributed by atoms with Gasteiger partial charge in [-0.15, -0.1) is 0 Å². The lowest BCUT2D eigenvalue weighted by Crippen LogP contribution is -2.49. The van der Waals surface area contributed by atoms with Gasteiger partial charge >= 0.3 is 5.70 Å². The van der Waals surface area contributed by atoms with Gasteiger partial charge in [-0.25, -0.2) is 0 Å². The third kappa shape index (κ3) is 3.17. The second-order valence-corrected chi connectivity index (χ2v) is 7.71. The number of nitrogens with zero attached hydrogens (tertiary/aromatic N) is 2. The summed E-state index contributed by atoms with van der Waals surface area (Å²) in [7, 11) is 0. The van der Waals surface area contributed by atoms with Crippen molar-refractivity contribution >= 4 is 5.78 Å². The first-order valence-electron chi connectivity index (χ1n) is 9.85. The van der Waals surface area contributed by atoms with Crippen LogP contribution in [0.1, 0.15) is 33.5 Å². The summed E-state index contributed by atoms with van der Waals surface area (Å²) < 4.78 is 0. The van der Waals surface area contributed by atoms with E-state index in [1.807, 2.05) is 38.1 Å². The molecular formula is C23H23N3O4. The summed E-state index contributed by atoms with van der Waals surface area (Å²) in [6, 6.07) is 14.2. The average molecular weight is 405 g/mol. The molecule has 2 heterocycles. The van der Waals surface area contributed by atoms with Crippen LogP contribution in [0.25, 0.3) is 0 Å². The summed E-state index contributed by atoms with van der Waals surface area (Å²) in [6.07, 6.45) is 1.91. The number of aryl methyl sites for hydroxylation is 2. The largest absolute Gasteiger partial charge is 0.366 e. The van der Waals surface area contributed by atoms with E-state index in [0.717, 1.165) is 11.1 Å². The van der Waals surface area contributed by atoms with Gasteiger partial charge in [-0.2, -0.15) is 0 Å². The van der Waals surface area contributed by atoms with Crippen LogP contribution < -0.4 is 5.32 Å². The first-order chi connectivity index (χ1) is 14.3. The lowest BCUT2D eigenvalue weighted by atomic mass is 9.91. The SMILES string of the molecule is Cc1ccc(C(=O)/C=C2/C([N+](=O)[O-])=C3NCCCN3C2(O)c2ccc(C)cc2)cc1. The van der Waals surface area contributed by atoms with Crippen LogP contribution in [0, 0.1) is 24.0 Å². The van der Waals surface area contributed by atoms with Crippen molar-refractivity contribution in [2.45, 2.75) is 26.0 Å². The standard InChI is InChI=1S/C23H23N3O4/c1-15-4-8-17(9-5-15)20(27)14-19-21(26(29)30)22-24-12-3-13-25(22)23(19,28)18-10-6-16(2)7-11-18/h4-11,14,24,28H,3,12-13H2,1-2H3/b19-14-. The number of carbonyl (C=O) groups is 1. The van der Waals surface area contributed by atoms with Gasteiger partial charge in [-0.3, -0.25) is 14.9 Å². The lowest BCUT2D eigenvalue weighted by Gasteiger charge is -2.39. The van der Waals surface area contributed by atoms with Crippen molar-refractivity contribution in [2.75, 3.05) is 13.1 Å². The Labute approximate surface area is 174 Å². The molecule has 0 amide bonds. The maximum Gasteiger partial charge on any atom is 0.317 e. The highest BCUT2D eigenvalue weighted by Crippen LogP contribution is 2.47. The molecule has 7 heteroatoms. The third-order valence-electron chi connectivity index (χ3n) is 5.61. The van der Waals surface area contributed by atoms with E-state index < -0.39 is 16.4 Å². The van der Waals surface area contributed by atoms with Crippen LogP contribution >= 0.6 is 0 Å². The molecule has 1 atom stereocenters. The van der Waals surface area contributed by atoms with Crippen molar-refractivity contribution < 1.29 is 14.8 Å². The molecule has 2 aromatic rings. The van der Waals surface area contributed by atoms with E-state index in [1.165, 1.54) is 6.08 Å². The molecule has 0 radical (unpaired) electrons. The number of allylic oxidation sites excluding steroid dienone is 1. The molecule has 4 rings (SSSR count). The predicted molar refractivity (Wildman–Crippen MR) is 112 cm³/mol. The predicted octanol–water partition coefficient (Wildman–Crippen LogP) is 3.01. The van der Waals surface area contributed by atoms with E-state index in [2.05, 4.69) is 5.32 Å². The van der Waals surface area contributed by atoms with Crippen LogP contribution in [-0.2, 0) is 5.72 Å². The Hall–Kier alpha value is -3.45. The van der Waals surface area contributed by atoms with Gasteiger partial charge in [0.25, 0.3) is 0 Å². The number of benzene rings is 2. The Morgan fingerprint density at radius 1 is 1.13 bits per heavy atom. The maximum absolute atomic E-state index is 13.0. The van der Waals surface area contributed by atoms with Crippen molar-refractivity contribution in [3.63, 3.8) is 0 Å². The molecule has 1 unspecified atom stereocenters. The molecule has 30 heavy (non-hydrogen) atoms. The van der Waals surface area contributed by atoms with E-state index in [0.29, 0.717) is 30.6 Å². The van der Waals surface area contributed by atoms with E-state index in [1.54, 1.807) is 29.2 Å². The smallest absolute Gasteiger partial charge is 0.317 e. The van der Waals surface area contributed by atoms with Gasteiger partial charge in [-0.1, -0.05) is 59.7 Å². The molecule has 0 aliphatic carbocycles. The topological polar surface area (TPSA) is 95.7 Å². The molecule has 2 aliphatic heterocycles. The van der Waals surface area contributed by atoms with Crippen LogP contribution in [0.15, 0.2) is 71.7 Å². The van der Waals surface area contributed by atoms with Gasteiger partial charge < -0.3 is 15.3 Å². The molecule has 0 spiro atoms. The van der Waals surface area contributed by atoms with Gasteiger partial charge in [0.2, 0.25) is 0 Å². The highest BCUT2D eigenvalue weighted by molar-refractivity contribution is 6.05. The first kappa shape index (κ1) is 19.8. The number of hydrogen-bond donors (Lipinski definition) is 2. The summed E-state index contributed by atoms with van der Waals surface area (Å²) in [4.78, 5) is 26.1. The summed E-state index contributed by atoms with van der Waals surface area (Å²) in [5.74, 6) is -0.146. The normalized spacial score (nSPS) is 22.1. The van der Waals surface area contributed by atoms with Crippen LogP contribution in [-0.4, -0.2) is 33.8 Å². The summed E-state index contributed by atoms with van der Waals surface area (Å²) >= 11 is 0. The molecule has 0 saturated carbocycles. The summed E-state index contributed by atoms with van der Waals surface area (Å²) in [5.41, 5.74) is 0.800. The van der Waals surface area contributed by atoms with Crippen molar-refractivity contribution in [1.82, 2.24) is 10.2 Å². The zero-order chi connectivity index (χ0) is 21.5. The molecule has 0 aromatic heterocycles. The molecule has 154 valence electrons. The average Bonchev–Trinajstić information content (AvgIpc) is 2.98. The van der Waals surface area contributed by atoms with Gasteiger partial charge in [0.1, 0.15) is 0 Å². The van der Waals surface area contributed by atoms with Crippen LogP contribution in [0.5, 0.6) is 0 Å². The van der Waals surface area contributed by atoms with Crippen LogP contribution in [0.4, 0.5) is 0 Å². The minimum atomic E-state index is -1.81. The molecule has 2 aliphatic rings. The number of aliphatic hydroxyl groups is 1. The number of rotatable bonds is 4. The van der Waals surface area contributed by atoms with E-state index >= 15 is 0 Å². The van der Waals surface area contributed by atoms with Crippen molar-refractivity contribution in [2.24, 2.45) is 0 Å². The molecule has 2 aromatic carbocycles. The fourth-order valence-electron chi connectivity index (χ4n) is 4.01. The molecule has 0 bridgehead atoms. The van der Waals surface area contributed by atoms with Gasteiger partial charge in [-0.05, 0) is 20.3 Å². The highest BCUT2D eigenvalue weighted by Gasteiger charge is 2.55. The quantitative estimate of drug-likeness (QED) is 0.351. The zero-order valence-corrected chi connectivity index (χ0v) is 16.9. The number of carbonyl (C=O) groups excluding carboxylic acids is 1. The fraction of sp³-hybridized carbons (Fsp3) is 0.261. The Morgan fingerprint density at radius 2 is 1.73 bits per heavy atom. The van der Waals surface area contributed by atoms with Gasteiger partial charge in [0, 0.05) is 30.3 Å². The number of fused-ring (bicyclic) bond motifs is 1. The minimum Gasteiger partial charge on any atom is -0.366 e. The number of nitrogens with one attached hydrogen (secondary N) is 1. The first-order valence-corrected chi connectivity index (χ1v) is 9.85. The van der Waals surface area contributed by atoms with Gasteiger partial charge in [0.15, 0.2) is 17.3 Å². The Kier molecular flexibility index (Phi) is 4.91. The summed E-state index contributed by atoms with van der Waals surface area (Å²) in [5, 5.41) is 27.0. The van der Waals surface area contributed by atoms with Gasteiger partial charge in [0.05, 0.1) is 10.5 Å². The number of ketones is 1. The molecule has 2 N–H and O–H groups in total. The zero-order valence-electron chi connectivity index (χ0n) is 16.9. The molecule has 7 nitrogen and oxygen atoms in total. The molecule has 1 saturated heterocycles.